The van der Waals surface area contributed by atoms with Crippen molar-refractivity contribution < 1.29 is 0 Å². The van der Waals surface area contributed by atoms with Gasteiger partial charge in [0.05, 0.1) is 0 Å². The molecule has 6 N–H and O–H groups in total. The summed E-state index contributed by atoms with van der Waals surface area (Å²) in [5, 5.41) is 9.34. The molecule has 0 saturated heterocycles. The molecule has 6 rings (SSSR count). The number of hydrogen-bond donors (Lipinski definition) is 4. The number of nitrogen functional groups attached to an aromatic ring is 1. The van der Waals surface area contributed by atoms with E-state index in [4.69, 9.17) is 11.5 Å². The zero-order chi connectivity index (χ0) is 24.5. The Morgan fingerprint density at radius 3 is 2.08 bits per heavy atom. The predicted molar refractivity (Wildman–Crippen MR) is 153 cm³/mol. The third-order valence-electron chi connectivity index (χ3n) is 7.24. The molecule has 4 aromatic carbocycles. The maximum atomic E-state index is 6.36. The van der Waals surface area contributed by atoms with Gasteiger partial charge in [0.1, 0.15) is 0 Å². The maximum absolute atomic E-state index is 6.36. The van der Waals surface area contributed by atoms with Crippen LogP contribution in [0.1, 0.15) is 12.8 Å². The first-order valence-corrected chi connectivity index (χ1v) is 12.5. The van der Waals surface area contributed by atoms with Crippen LogP contribution in [-0.2, 0) is 0 Å². The molecule has 2 atom stereocenters. The average molecular weight is 471 g/mol. The van der Waals surface area contributed by atoms with E-state index in [2.05, 4.69) is 95.6 Å². The monoisotopic (exact) mass is 470 g/mol. The lowest BCUT2D eigenvalue weighted by Gasteiger charge is -2.33. The molecule has 4 heteroatoms. The molecule has 0 saturated carbocycles. The van der Waals surface area contributed by atoms with Crippen LogP contribution < -0.4 is 22.1 Å². The Kier molecular flexibility index (Phi) is 5.80. The van der Waals surface area contributed by atoms with Crippen LogP contribution in [0.4, 0.5) is 22.7 Å². The summed E-state index contributed by atoms with van der Waals surface area (Å²) < 4.78 is 0. The summed E-state index contributed by atoms with van der Waals surface area (Å²) in [4.78, 5) is 0. The molecule has 0 bridgehead atoms. The van der Waals surface area contributed by atoms with Gasteiger partial charge in [0, 0.05) is 51.2 Å². The fourth-order valence-electron chi connectivity index (χ4n) is 5.24. The van der Waals surface area contributed by atoms with Gasteiger partial charge in [0.25, 0.3) is 0 Å². The molecule has 0 amide bonds. The Hall–Kier alpha value is -4.28. The molecule has 2 unspecified atom stereocenters. The second kappa shape index (κ2) is 9.40. The van der Waals surface area contributed by atoms with Crippen LogP contribution in [0.3, 0.4) is 0 Å². The minimum absolute atomic E-state index is 0.199. The molecule has 2 aliphatic rings. The molecule has 0 aromatic heterocycles. The Morgan fingerprint density at radius 1 is 0.694 bits per heavy atom. The Balaban J connectivity index is 1.17. The Labute approximate surface area is 212 Å². The summed E-state index contributed by atoms with van der Waals surface area (Å²) in [5.41, 5.74) is 21.3. The molecular formula is C32H30N4. The van der Waals surface area contributed by atoms with E-state index in [1.165, 1.54) is 22.4 Å². The summed E-state index contributed by atoms with van der Waals surface area (Å²) in [7, 11) is 0. The first-order chi connectivity index (χ1) is 17.7. The number of nitrogens with two attached hydrogens (primary N) is 2. The molecule has 178 valence electrons. The molecule has 0 heterocycles. The molecule has 0 radical (unpaired) electrons. The lowest BCUT2D eigenvalue weighted by atomic mass is 9.78. The zero-order valence-electron chi connectivity index (χ0n) is 20.1. The lowest BCUT2D eigenvalue weighted by Crippen LogP contribution is -2.35. The van der Waals surface area contributed by atoms with Gasteiger partial charge in [-0.1, -0.05) is 72.8 Å². The van der Waals surface area contributed by atoms with Crippen LogP contribution >= 0.6 is 0 Å². The number of hydrogen-bond acceptors (Lipinski definition) is 4. The Morgan fingerprint density at radius 2 is 1.36 bits per heavy atom. The van der Waals surface area contributed by atoms with Crippen molar-refractivity contribution in [2.75, 3.05) is 16.4 Å². The van der Waals surface area contributed by atoms with Crippen molar-refractivity contribution in [3.8, 4) is 11.1 Å². The summed E-state index contributed by atoms with van der Waals surface area (Å²) in [6.45, 7) is 0. The zero-order valence-corrected chi connectivity index (χ0v) is 20.1. The minimum atomic E-state index is 0.199. The predicted octanol–water partition coefficient (Wildman–Crippen LogP) is 7.36. The van der Waals surface area contributed by atoms with Gasteiger partial charge in [0.2, 0.25) is 0 Å². The number of benzene rings is 4. The number of anilines is 4. The molecule has 0 spiro atoms. The number of nitrogens with one attached hydrogen (secondary N) is 2. The van der Waals surface area contributed by atoms with Crippen LogP contribution in [0.15, 0.2) is 121 Å². The minimum Gasteiger partial charge on any atom is -0.398 e. The van der Waals surface area contributed by atoms with Gasteiger partial charge in [-0.25, -0.2) is 0 Å². The smallest absolute Gasteiger partial charge is 0.0465 e. The van der Waals surface area contributed by atoms with E-state index in [1.54, 1.807) is 0 Å². The molecule has 4 aromatic rings. The summed E-state index contributed by atoms with van der Waals surface area (Å²) in [5.74, 6) is 0.403. The van der Waals surface area contributed by atoms with Crippen molar-refractivity contribution in [3.63, 3.8) is 0 Å². The van der Waals surface area contributed by atoms with E-state index in [1.807, 2.05) is 24.3 Å². The van der Waals surface area contributed by atoms with Crippen LogP contribution in [-0.4, -0.2) is 6.04 Å². The molecule has 0 aliphatic heterocycles. The van der Waals surface area contributed by atoms with Gasteiger partial charge in [-0.3, -0.25) is 0 Å². The number of rotatable bonds is 5. The standard InChI is InChI=1S/C32H30N4/c33-29-17-19-31(27-7-3-1-5-25(27)29)35-23-13-9-21(10-14-23)22-11-15-24(16-12-22)36-32-20-18-30(34)26-6-2-4-8-28(26)32/h1-5,7-17,19-20,26,30,35-36H,6,18,33-34H2. The third kappa shape index (κ3) is 4.28. The van der Waals surface area contributed by atoms with E-state index in [-0.39, 0.29) is 6.04 Å². The fraction of sp³-hybridized carbons (Fsp3) is 0.125. The number of allylic oxidation sites excluding steroid dienone is 4. The summed E-state index contributed by atoms with van der Waals surface area (Å²) in [6, 6.07) is 29.5. The van der Waals surface area contributed by atoms with Gasteiger partial charge in [0.15, 0.2) is 0 Å². The fourth-order valence-corrected chi connectivity index (χ4v) is 5.24. The highest BCUT2D eigenvalue weighted by Gasteiger charge is 2.28. The highest BCUT2D eigenvalue weighted by atomic mass is 14.9. The molecule has 0 fully saturated rings. The first-order valence-electron chi connectivity index (χ1n) is 12.5. The Bertz CT molecular complexity index is 1490. The van der Waals surface area contributed by atoms with E-state index in [9.17, 15) is 0 Å². The first kappa shape index (κ1) is 22.2. The highest BCUT2D eigenvalue weighted by Crippen LogP contribution is 2.35. The van der Waals surface area contributed by atoms with Crippen LogP contribution in [0, 0.1) is 5.92 Å². The van der Waals surface area contributed by atoms with Gasteiger partial charge < -0.3 is 22.1 Å². The molecule has 36 heavy (non-hydrogen) atoms. The third-order valence-corrected chi connectivity index (χ3v) is 7.24. The normalized spacial score (nSPS) is 18.8. The largest absolute Gasteiger partial charge is 0.398 e. The second-order valence-corrected chi connectivity index (χ2v) is 9.56. The summed E-state index contributed by atoms with van der Waals surface area (Å²) >= 11 is 0. The van der Waals surface area contributed by atoms with E-state index in [0.717, 1.165) is 46.4 Å². The van der Waals surface area contributed by atoms with Gasteiger partial charge in [-0.15, -0.1) is 0 Å². The van der Waals surface area contributed by atoms with Crippen LogP contribution in [0.5, 0.6) is 0 Å². The van der Waals surface area contributed by atoms with Gasteiger partial charge in [-0.05, 0) is 65.9 Å². The van der Waals surface area contributed by atoms with Crippen LogP contribution in [0.2, 0.25) is 0 Å². The van der Waals surface area contributed by atoms with Crippen molar-refractivity contribution in [1.82, 2.24) is 0 Å². The highest BCUT2D eigenvalue weighted by molar-refractivity contribution is 6.02. The second-order valence-electron chi connectivity index (χ2n) is 9.56. The molecular weight excluding hydrogens is 440 g/mol. The van der Waals surface area contributed by atoms with E-state index < -0.39 is 0 Å². The van der Waals surface area contributed by atoms with Gasteiger partial charge in [-0.2, -0.15) is 0 Å². The van der Waals surface area contributed by atoms with Crippen molar-refractivity contribution >= 4 is 33.5 Å². The average Bonchev–Trinajstić information content (AvgIpc) is 2.93. The topological polar surface area (TPSA) is 76.1 Å². The van der Waals surface area contributed by atoms with Gasteiger partial charge >= 0.3 is 0 Å². The van der Waals surface area contributed by atoms with E-state index in [0.29, 0.717) is 5.92 Å². The van der Waals surface area contributed by atoms with Crippen molar-refractivity contribution in [3.05, 3.63) is 121 Å². The van der Waals surface area contributed by atoms with E-state index >= 15 is 0 Å². The molecule has 2 aliphatic carbocycles. The molecule has 4 nitrogen and oxygen atoms in total. The maximum Gasteiger partial charge on any atom is 0.0465 e. The SMILES string of the molecule is Nc1ccc(Nc2ccc(-c3ccc(NC4=CCC(N)C5CC=CC=C45)cc3)cc2)c2ccccc12. The van der Waals surface area contributed by atoms with Crippen molar-refractivity contribution in [1.29, 1.82) is 0 Å². The number of fused-ring (bicyclic) bond motifs is 2. The van der Waals surface area contributed by atoms with Crippen molar-refractivity contribution in [2.45, 2.75) is 18.9 Å². The quantitative estimate of drug-likeness (QED) is 0.230. The summed E-state index contributed by atoms with van der Waals surface area (Å²) in [6.07, 6.45) is 10.7. The lowest BCUT2D eigenvalue weighted by molar-refractivity contribution is 0.472. The van der Waals surface area contributed by atoms with Crippen molar-refractivity contribution in [2.24, 2.45) is 11.7 Å². The van der Waals surface area contributed by atoms with Crippen LogP contribution in [0.25, 0.3) is 21.9 Å².